The van der Waals surface area contributed by atoms with E-state index in [1.165, 1.54) is 0 Å². The summed E-state index contributed by atoms with van der Waals surface area (Å²) in [6, 6.07) is 7.91. The molecule has 0 spiro atoms. The van der Waals surface area contributed by atoms with Crippen LogP contribution in [0.25, 0.3) is 10.9 Å². The lowest BCUT2D eigenvalue weighted by molar-refractivity contribution is 0.0219. The largest absolute Gasteiger partial charge is 0.444 e. The van der Waals surface area contributed by atoms with Gasteiger partial charge in [0.15, 0.2) is 0 Å². The molecule has 0 saturated carbocycles. The van der Waals surface area contributed by atoms with Gasteiger partial charge in [0.25, 0.3) is 0 Å². The lowest BCUT2D eigenvalue weighted by atomic mass is 10.0. The van der Waals surface area contributed by atoms with Crippen LogP contribution in [0.3, 0.4) is 0 Å². The Balaban J connectivity index is 1.84. The third kappa shape index (κ3) is 3.40. The Morgan fingerprint density at radius 1 is 1.38 bits per heavy atom. The van der Waals surface area contributed by atoms with E-state index in [9.17, 15) is 9.18 Å². The van der Waals surface area contributed by atoms with E-state index >= 15 is 0 Å². The van der Waals surface area contributed by atoms with E-state index in [-0.39, 0.29) is 12.6 Å². The van der Waals surface area contributed by atoms with Crippen LogP contribution in [-0.4, -0.2) is 40.3 Å². The third-order valence-corrected chi connectivity index (χ3v) is 4.46. The minimum Gasteiger partial charge on any atom is -0.444 e. The molecule has 2 heterocycles. The van der Waals surface area contributed by atoms with Crippen molar-refractivity contribution in [1.29, 1.82) is 0 Å². The smallest absolute Gasteiger partial charge is 0.410 e. The zero-order valence-corrected chi connectivity index (χ0v) is 14.7. The average molecular weight is 332 g/mol. The highest BCUT2D eigenvalue weighted by Gasteiger charge is 2.38. The van der Waals surface area contributed by atoms with Gasteiger partial charge in [0, 0.05) is 29.1 Å². The van der Waals surface area contributed by atoms with Gasteiger partial charge in [0.05, 0.1) is 6.54 Å². The maximum Gasteiger partial charge on any atom is 0.410 e. The molecular formula is C19H25FN2O2. The fourth-order valence-corrected chi connectivity index (χ4v) is 3.43. The number of benzene rings is 1. The highest BCUT2D eigenvalue weighted by molar-refractivity contribution is 5.84. The van der Waals surface area contributed by atoms with Gasteiger partial charge in [-0.2, -0.15) is 0 Å². The summed E-state index contributed by atoms with van der Waals surface area (Å²) in [5, 5.41) is 1.14. The fraction of sp³-hybridized carbons (Fsp3) is 0.526. The molecule has 130 valence electrons. The van der Waals surface area contributed by atoms with Crippen LogP contribution in [0.4, 0.5) is 9.18 Å². The molecule has 1 fully saturated rings. The van der Waals surface area contributed by atoms with Crippen molar-refractivity contribution in [1.82, 2.24) is 9.88 Å². The fourth-order valence-electron chi connectivity index (χ4n) is 3.43. The number of nitrogens with one attached hydrogen (secondary N) is 1. The molecule has 1 aliphatic rings. The minimum atomic E-state index is -0.993. The summed E-state index contributed by atoms with van der Waals surface area (Å²) >= 11 is 0. The molecule has 0 bridgehead atoms. The molecule has 1 amide bonds. The van der Waals surface area contributed by atoms with Crippen LogP contribution in [0.15, 0.2) is 24.3 Å². The predicted octanol–water partition coefficient (Wildman–Crippen LogP) is 4.37. The van der Waals surface area contributed by atoms with Gasteiger partial charge in [0.2, 0.25) is 0 Å². The molecule has 2 aromatic rings. The van der Waals surface area contributed by atoms with Crippen LogP contribution in [0.2, 0.25) is 0 Å². The number of fused-ring (bicyclic) bond motifs is 1. The second kappa shape index (κ2) is 6.11. The molecule has 0 aliphatic carbocycles. The SMILES string of the molecule is Cc1[nH]c2ccccc2c1C[C@H]1CC(F)CN1C(=O)OC(C)(C)C. The summed E-state index contributed by atoms with van der Waals surface area (Å²) in [6.45, 7) is 7.61. The quantitative estimate of drug-likeness (QED) is 0.888. The second-order valence-electron chi connectivity index (χ2n) is 7.60. The Kier molecular flexibility index (Phi) is 4.28. The third-order valence-electron chi connectivity index (χ3n) is 4.46. The van der Waals surface area contributed by atoms with E-state index in [0.29, 0.717) is 12.8 Å². The number of amides is 1. The van der Waals surface area contributed by atoms with Crippen molar-refractivity contribution < 1.29 is 13.9 Å². The summed E-state index contributed by atoms with van der Waals surface area (Å²) in [4.78, 5) is 17.3. The lowest BCUT2D eigenvalue weighted by Crippen LogP contribution is -2.41. The van der Waals surface area contributed by atoms with E-state index in [0.717, 1.165) is 22.2 Å². The van der Waals surface area contributed by atoms with E-state index in [1.807, 2.05) is 45.9 Å². The molecule has 1 aromatic carbocycles. The van der Waals surface area contributed by atoms with Gasteiger partial charge in [-0.05, 0) is 45.7 Å². The predicted molar refractivity (Wildman–Crippen MR) is 93.0 cm³/mol. The number of halogens is 1. The first-order valence-electron chi connectivity index (χ1n) is 8.44. The molecule has 3 rings (SSSR count). The number of aromatic amines is 1. The Bertz CT molecular complexity index is 747. The molecule has 1 N–H and O–H groups in total. The first-order chi connectivity index (χ1) is 11.2. The summed E-state index contributed by atoms with van der Waals surface area (Å²) in [5.41, 5.74) is 2.72. The van der Waals surface area contributed by atoms with E-state index in [1.54, 1.807) is 4.90 Å². The maximum atomic E-state index is 14.0. The molecule has 1 aliphatic heterocycles. The van der Waals surface area contributed by atoms with Gasteiger partial charge in [-0.3, -0.25) is 0 Å². The normalized spacial score (nSPS) is 21.5. The van der Waals surface area contributed by atoms with Crippen molar-refractivity contribution in [2.45, 2.75) is 58.4 Å². The number of hydrogen-bond donors (Lipinski definition) is 1. The number of carbonyl (C=O) groups excluding carboxylic acids is 1. The highest BCUT2D eigenvalue weighted by atomic mass is 19.1. The van der Waals surface area contributed by atoms with Crippen LogP contribution in [-0.2, 0) is 11.2 Å². The monoisotopic (exact) mass is 332 g/mol. The summed E-state index contributed by atoms with van der Waals surface area (Å²) in [7, 11) is 0. The lowest BCUT2D eigenvalue weighted by Gasteiger charge is -2.28. The zero-order chi connectivity index (χ0) is 17.5. The molecule has 2 atom stereocenters. The second-order valence-corrected chi connectivity index (χ2v) is 7.60. The molecule has 0 radical (unpaired) electrons. The van der Waals surface area contributed by atoms with Crippen LogP contribution < -0.4 is 0 Å². The van der Waals surface area contributed by atoms with Gasteiger partial charge >= 0.3 is 6.09 Å². The molecule has 1 aromatic heterocycles. The van der Waals surface area contributed by atoms with E-state index < -0.39 is 17.9 Å². The Morgan fingerprint density at radius 3 is 2.79 bits per heavy atom. The maximum absolute atomic E-state index is 14.0. The number of aryl methyl sites for hydroxylation is 1. The molecule has 1 unspecified atom stereocenters. The van der Waals surface area contributed by atoms with Gasteiger partial charge < -0.3 is 14.6 Å². The number of likely N-dealkylation sites (tertiary alicyclic amines) is 1. The number of rotatable bonds is 2. The molecule has 4 nitrogen and oxygen atoms in total. The molecule has 24 heavy (non-hydrogen) atoms. The number of aromatic nitrogens is 1. The summed E-state index contributed by atoms with van der Waals surface area (Å²) < 4.78 is 19.5. The zero-order valence-electron chi connectivity index (χ0n) is 14.7. The van der Waals surface area contributed by atoms with Crippen LogP contribution in [0.5, 0.6) is 0 Å². The number of alkyl halides is 1. The average Bonchev–Trinajstić information content (AvgIpc) is 2.99. The van der Waals surface area contributed by atoms with E-state index in [2.05, 4.69) is 11.1 Å². The Hall–Kier alpha value is -2.04. The van der Waals surface area contributed by atoms with Gasteiger partial charge in [0.1, 0.15) is 11.8 Å². The number of nitrogens with zero attached hydrogens (tertiary/aromatic N) is 1. The van der Waals surface area contributed by atoms with E-state index in [4.69, 9.17) is 4.74 Å². The Labute approximate surface area is 142 Å². The Morgan fingerprint density at radius 2 is 2.08 bits per heavy atom. The van der Waals surface area contributed by atoms with Gasteiger partial charge in [-0.1, -0.05) is 18.2 Å². The number of ether oxygens (including phenoxy) is 1. The highest BCUT2D eigenvalue weighted by Crippen LogP contribution is 2.30. The van der Waals surface area contributed by atoms with Crippen molar-refractivity contribution in [3.63, 3.8) is 0 Å². The summed E-state index contributed by atoms with van der Waals surface area (Å²) in [5.74, 6) is 0. The van der Waals surface area contributed by atoms with Crippen molar-refractivity contribution in [3.8, 4) is 0 Å². The number of hydrogen-bond acceptors (Lipinski definition) is 2. The number of H-pyrrole nitrogens is 1. The van der Waals surface area contributed by atoms with Crippen molar-refractivity contribution in [2.75, 3.05) is 6.54 Å². The van der Waals surface area contributed by atoms with Gasteiger partial charge in [-0.15, -0.1) is 0 Å². The molecule has 1 saturated heterocycles. The molecular weight excluding hydrogens is 307 g/mol. The van der Waals surface area contributed by atoms with Crippen molar-refractivity contribution >= 4 is 17.0 Å². The van der Waals surface area contributed by atoms with Crippen LogP contribution in [0.1, 0.15) is 38.4 Å². The van der Waals surface area contributed by atoms with Crippen LogP contribution in [0, 0.1) is 6.92 Å². The first-order valence-corrected chi connectivity index (χ1v) is 8.44. The van der Waals surface area contributed by atoms with Gasteiger partial charge in [-0.25, -0.2) is 9.18 Å². The van der Waals surface area contributed by atoms with Crippen LogP contribution >= 0.6 is 0 Å². The topological polar surface area (TPSA) is 45.3 Å². The number of para-hydroxylation sites is 1. The minimum absolute atomic E-state index is 0.112. The van der Waals surface area contributed by atoms with Crippen molar-refractivity contribution in [3.05, 3.63) is 35.5 Å². The summed E-state index contributed by atoms with van der Waals surface area (Å²) in [6.07, 6.45) is -0.425. The first kappa shape index (κ1) is 16.8. The standard InChI is InChI=1S/C19H25FN2O2/c1-12-16(15-7-5-6-8-17(15)21-12)10-14-9-13(20)11-22(14)18(23)24-19(2,3)4/h5-8,13-14,21H,9-11H2,1-4H3/t13?,14-/m1/s1. The molecule has 5 heteroatoms. The number of carbonyl (C=O) groups is 1. The van der Waals surface area contributed by atoms with Crippen molar-refractivity contribution in [2.24, 2.45) is 0 Å².